The number of hydrogen-bond donors (Lipinski definition) is 4. The van der Waals surface area contributed by atoms with Crippen molar-refractivity contribution < 1.29 is 19.8 Å². The highest BCUT2D eigenvalue weighted by molar-refractivity contribution is 5.82. The number of carbonyl (C=O) groups excluding carboxylic acids is 1. The van der Waals surface area contributed by atoms with Gasteiger partial charge in [0, 0.05) is 31.9 Å². The van der Waals surface area contributed by atoms with Crippen LogP contribution in [0.3, 0.4) is 0 Å². The van der Waals surface area contributed by atoms with Crippen molar-refractivity contribution >= 4 is 12.0 Å². The zero-order valence-corrected chi connectivity index (χ0v) is 10.8. The van der Waals surface area contributed by atoms with Gasteiger partial charge in [0.25, 0.3) is 0 Å². The molecule has 2 atom stereocenters. The van der Waals surface area contributed by atoms with Gasteiger partial charge >= 0.3 is 12.0 Å². The standard InChI is InChI=1S/C11H18N4O4/c1-7(16)5-15(2)11(19)14-9(10(17)18)3-8-4-12-6-13-8/h4,6-7,9,16H,3,5H2,1-2H3,(H,12,13)(H,14,19)(H,17,18). The van der Waals surface area contributed by atoms with Crippen LogP contribution in [0.5, 0.6) is 0 Å². The molecule has 0 aliphatic heterocycles. The highest BCUT2D eigenvalue weighted by atomic mass is 16.4. The van der Waals surface area contributed by atoms with E-state index in [1.165, 1.54) is 24.5 Å². The Labute approximate surface area is 110 Å². The summed E-state index contributed by atoms with van der Waals surface area (Å²) in [5.41, 5.74) is 0.617. The molecular formula is C11H18N4O4. The van der Waals surface area contributed by atoms with E-state index in [0.29, 0.717) is 5.69 Å². The lowest BCUT2D eigenvalue weighted by atomic mass is 10.1. The van der Waals surface area contributed by atoms with Crippen LogP contribution in [-0.2, 0) is 11.2 Å². The fourth-order valence-electron chi connectivity index (χ4n) is 1.55. The molecule has 8 heteroatoms. The van der Waals surface area contributed by atoms with Crippen LogP contribution in [0.2, 0.25) is 0 Å². The third kappa shape index (κ3) is 4.96. The summed E-state index contributed by atoms with van der Waals surface area (Å²) in [5, 5.41) is 20.6. The molecule has 19 heavy (non-hydrogen) atoms. The Morgan fingerprint density at radius 3 is 2.74 bits per heavy atom. The summed E-state index contributed by atoms with van der Waals surface area (Å²) >= 11 is 0. The van der Waals surface area contributed by atoms with E-state index >= 15 is 0 Å². The lowest BCUT2D eigenvalue weighted by Crippen LogP contribution is -2.49. The van der Waals surface area contributed by atoms with Crippen LogP contribution in [-0.4, -0.2) is 62.8 Å². The summed E-state index contributed by atoms with van der Waals surface area (Å²) in [4.78, 5) is 30.6. The summed E-state index contributed by atoms with van der Waals surface area (Å²) in [6.45, 7) is 1.67. The van der Waals surface area contributed by atoms with Gasteiger partial charge in [-0.2, -0.15) is 0 Å². The van der Waals surface area contributed by atoms with E-state index in [2.05, 4.69) is 15.3 Å². The number of carboxylic acid groups (broad SMARTS) is 1. The fraction of sp³-hybridized carbons (Fsp3) is 0.545. The van der Waals surface area contributed by atoms with E-state index < -0.39 is 24.1 Å². The van der Waals surface area contributed by atoms with Gasteiger partial charge in [-0.3, -0.25) is 0 Å². The number of carbonyl (C=O) groups is 2. The molecule has 0 aliphatic rings. The molecule has 2 amide bonds. The van der Waals surface area contributed by atoms with Gasteiger partial charge in [0.2, 0.25) is 0 Å². The maximum atomic E-state index is 11.7. The number of aliphatic carboxylic acids is 1. The molecule has 0 aliphatic carbocycles. The minimum absolute atomic E-state index is 0.115. The molecule has 1 rings (SSSR count). The number of nitrogens with one attached hydrogen (secondary N) is 2. The fourth-order valence-corrected chi connectivity index (χ4v) is 1.55. The van der Waals surface area contributed by atoms with Crippen LogP contribution in [0.15, 0.2) is 12.5 Å². The summed E-state index contributed by atoms with van der Waals surface area (Å²) in [5.74, 6) is -1.13. The number of aromatic amines is 1. The Balaban J connectivity index is 2.58. The van der Waals surface area contributed by atoms with Gasteiger partial charge < -0.3 is 25.4 Å². The maximum absolute atomic E-state index is 11.7. The van der Waals surface area contributed by atoms with E-state index in [1.807, 2.05) is 0 Å². The molecule has 1 aromatic heterocycles. The molecule has 0 spiro atoms. The van der Waals surface area contributed by atoms with Crippen molar-refractivity contribution in [3.8, 4) is 0 Å². The largest absolute Gasteiger partial charge is 0.480 e. The minimum Gasteiger partial charge on any atom is -0.480 e. The predicted molar refractivity (Wildman–Crippen MR) is 66.6 cm³/mol. The first-order valence-electron chi connectivity index (χ1n) is 5.80. The van der Waals surface area contributed by atoms with Crippen LogP contribution in [0.4, 0.5) is 4.79 Å². The monoisotopic (exact) mass is 270 g/mol. The van der Waals surface area contributed by atoms with Crippen LogP contribution in [0, 0.1) is 0 Å². The average Bonchev–Trinajstić information content (AvgIpc) is 2.79. The molecule has 8 nitrogen and oxygen atoms in total. The Morgan fingerprint density at radius 1 is 1.58 bits per heavy atom. The first-order chi connectivity index (χ1) is 8.90. The van der Waals surface area contributed by atoms with Gasteiger partial charge in [0.05, 0.1) is 12.4 Å². The van der Waals surface area contributed by atoms with Crippen molar-refractivity contribution in [2.45, 2.75) is 25.5 Å². The molecule has 4 N–H and O–H groups in total. The quantitative estimate of drug-likeness (QED) is 0.552. The van der Waals surface area contributed by atoms with Crippen molar-refractivity contribution in [1.82, 2.24) is 20.2 Å². The van der Waals surface area contributed by atoms with Gasteiger partial charge in [-0.1, -0.05) is 0 Å². The van der Waals surface area contributed by atoms with Crippen LogP contribution >= 0.6 is 0 Å². The van der Waals surface area contributed by atoms with Crippen molar-refractivity contribution in [2.75, 3.05) is 13.6 Å². The number of aliphatic hydroxyl groups is 1. The highest BCUT2D eigenvalue weighted by Crippen LogP contribution is 2.00. The molecule has 1 aromatic rings. The van der Waals surface area contributed by atoms with E-state index in [-0.39, 0.29) is 13.0 Å². The first-order valence-corrected chi connectivity index (χ1v) is 5.80. The average molecular weight is 270 g/mol. The lowest BCUT2D eigenvalue weighted by molar-refractivity contribution is -0.139. The second kappa shape index (κ2) is 6.74. The number of nitrogens with zero attached hydrogens (tertiary/aromatic N) is 2. The van der Waals surface area contributed by atoms with Crippen LogP contribution in [0.25, 0.3) is 0 Å². The summed E-state index contributed by atoms with van der Waals surface area (Å²) in [6.07, 6.45) is 2.38. The minimum atomic E-state index is -1.13. The lowest BCUT2D eigenvalue weighted by Gasteiger charge is -2.22. The molecule has 2 unspecified atom stereocenters. The summed E-state index contributed by atoms with van der Waals surface area (Å²) in [6, 6.07) is -1.60. The number of hydrogen-bond acceptors (Lipinski definition) is 4. The Bertz CT molecular complexity index is 418. The maximum Gasteiger partial charge on any atom is 0.326 e. The van der Waals surface area contributed by atoms with E-state index in [4.69, 9.17) is 5.11 Å². The van der Waals surface area contributed by atoms with Gasteiger partial charge in [-0.05, 0) is 6.92 Å². The third-order valence-electron chi connectivity index (χ3n) is 2.46. The molecule has 0 bridgehead atoms. The SMILES string of the molecule is CC(O)CN(C)C(=O)NC(Cc1cnc[nH]1)C(=O)O. The van der Waals surface area contributed by atoms with Crippen molar-refractivity contribution in [3.05, 3.63) is 18.2 Å². The number of imidazole rings is 1. The van der Waals surface area contributed by atoms with E-state index in [9.17, 15) is 14.7 Å². The zero-order valence-electron chi connectivity index (χ0n) is 10.8. The van der Waals surface area contributed by atoms with Gasteiger partial charge in [-0.15, -0.1) is 0 Å². The van der Waals surface area contributed by atoms with Crippen LogP contribution < -0.4 is 5.32 Å². The van der Waals surface area contributed by atoms with Gasteiger partial charge in [0.15, 0.2) is 0 Å². The van der Waals surface area contributed by atoms with Crippen molar-refractivity contribution in [2.24, 2.45) is 0 Å². The molecular weight excluding hydrogens is 252 g/mol. The number of aliphatic hydroxyl groups excluding tert-OH is 1. The molecule has 0 saturated carbocycles. The highest BCUT2D eigenvalue weighted by Gasteiger charge is 2.23. The molecule has 1 heterocycles. The molecule has 0 saturated heterocycles. The summed E-state index contributed by atoms with van der Waals surface area (Å²) < 4.78 is 0. The Hall–Kier alpha value is -2.09. The van der Waals surface area contributed by atoms with E-state index in [0.717, 1.165) is 0 Å². The summed E-state index contributed by atoms with van der Waals surface area (Å²) in [7, 11) is 1.48. The number of H-pyrrole nitrogens is 1. The van der Waals surface area contributed by atoms with Crippen LogP contribution in [0.1, 0.15) is 12.6 Å². The molecule has 0 radical (unpaired) electrons. The topological polar surface area (TPSA) is 119 Å². The molecule has 106 valence electrons. The number of likely N-dealkylation sites (N-methyl/N-ethyl adjacent to an activating group) is 1. The van der Waals surface area contributed by atoms with E-state index in [1.54, 1.807) is 6.92 Å². The third-order valence-corrected chi connectivity index (χ3v) is 2.46. The second-order valence-electron chi connectivity index (χ2n) is 4.35. The smallest absolute Gasteiger partial charge is 0.326 e. The van der Waals surface area contributed by atoms with Gasteiger partial charge in [0.1, 0.15) is 6.04 Å². The van der Waals surface area contributed by atoms with Crippen molar-refractivity contribution in [3.63, 3.8) is 0 Å². The molecule has 0 aromatic carbocycles. The second-order valence-corrected chi connectivity index (χ2v) is 4.35. The number of aromatic nitrogens is 2. The number of rotatable bonds is 6. The Kier molecular flexibility index (Phi) is 5.31. The van der Waals surface area contributed by atoms with Gasteiger partial charge in [-0.25, -0.2) is 14.6 Å². The normalized spacial score (nSPS) is 13.6. The number of carboxylic acids is 1. The first kappa shape index (κ1) is 15.0. The number of urea groups is 1. The van der Waals surface area contributed by atoms with Crippen molar-refractivity contribution in [1.29, 1.82) is 0 Å². The number of amides is 2. The zero-order chi connectivity index (χ0) is 14.4. The Morgan fingerprint density at radius 2 is 2.26 bits per heavy atom. The molecule has 0 fully saturated rings. The predicted octanol–water partition coefficient (Wildman–Crippen LogP) is -0.572.